The minimum atomic E-state index is -5.44. The van der Waals surface area contributed by atoms with Crippen molar-refractivity contribution in [3.8, 4) is 0 Å². The van der Waals surface area contributed by atoms with Crippen molar-refractivity contribution in [2.45, 2.75) is 44.1 Å². The smallest absolute Gasteiger partial charge is 0.374 e. The molecule has 0 aromatic heterocycles. The molecular weight excluding hydrogens is 585 g/mol. The Kier molecular flexibility index (Phi) is 8.40. The third kappa shape index (κ3) is 6.62. The van der Waals surface area contributed by atoms with Crippen LogP contribution in [0.5, 0.6) is 0 Å². The molecule has 16 heteroatoms. The molecule has 1 heterocycles. The summed E-state index contributed by atoms with van der Waals surface area (Å²) in [5.41, 5.74) is -7.07. The van der Waals surface area contributed by atoms with Crippen molar-refractivity contribution in [3.63, 3.8) is 0 Å². The zero-order valence-electron chi connectivity index (χ0n) is 20.5. The first kappa shape index (κ1) is 31.0. The highest BCUT2D eigenvalue weighted by molar-refractivity contribution is 6.30. The van der Waals surface area contributed by atoms with Crippen molar-refractivity contribution in [2.24, 2.45) is 5.16 Å². The Labute approximate surface area is 225 Å². The molecule has 2 aromatic rings. The molecule has 2 aromatic carbocycles. The highest BCUT2D eigenvalue weighted by atomic mass is 35.5. The van der Waals surface area contributed by atoms with Crippen LogP contribution in [0.2, 0.25) is 5.02 Å². The van der Waals surface area contributed by atoms with Gasteiger partial charge in [-0.2, -0.15) is 26.3 Å². The van der Waals surface area contributed by atoms with Crippen molar-refractivity contribution in [3.05, 3.63) is 69.0 Å². The van der Waals surface area contributed by atoms with E-state index in [1.807, 2.05) is 5.32 Å². The van der Waals surface area contributed by atoms with Crippen LogP contribution in [0.4, 0.5) is 39.5 Å². The lowest BCUT2D eigenvalue weighted by atomic mass is 9.85. The van der Waals surface area contributed by atoms with Crippen LogP contribution >= 0.6 is 11.6 Å². The van der Waals surface area contributed by atoms with Crippen molar-refractivity contribution < 1.29 is 53.9 Å². The van der Waals surface area contributed by atoms with Crippen molar-refractivity contribution in [1.29, 1.82) is 0 Å². The first-order valence-corrected chi connectivity index (χ1v) is 11.6. The maximum Gasteiger partial charge on any atom is 0.435 e. The van der Waals surface area contributed by atoms with Crippen LogP contribution in [0.15, 0.2) is 35.5 Å². The van der Waals surface area contributed by atoms with Gasteiger partial charge in [-0.05, 0) is 42.3 Å². The number of amides is 2. The monoisotopic (exact) mass is 603 g/mol. The SMILES string of the molecule is Cc1cc(C2=NOC(c3cc(C(F)(F)F)cc(Cl)c3F)(C(F)(F)F)C2)ccc1C(=O)NCC(=O)NCC(C)(F)F. The van der Waals surface area contributed by atoms with E-state index >= 15 is 0 Å². The number of rotatable bonds is 7. The van der Waals surface area contributed by atoms with Gasteiger partial charge < -0.3 is 15.5 Å². The molecule has 0 aliphatic carbocycles. The van der Waals surface area contributed by atoms with Crippen LogP contribution in [0.25, 0.3) is 0 Å². The number of aryl methyl sites for hydroxylation is 1. The van der Waals surface area contributed by atoms with Gasteiger partial charge in [-0.3, -0.25) is 9.59 Å². The lowest BCUT2D eigenvalue weighted by molar-refractivity contribution is -0.276. The fraction of sp³-hybridized carbons (Fsp3) is 0.375. The second-order valence-electron chi connectivity index (χ2n) is 9.01. The van der Waals surface area contributed by atoms with Gasteiger partial charge in [-0.25, -0.2) is 13.2 Å². The summed E-state index contributed by atoms with van der Waals surface area (Å²) in [5.74, 6) is -6.63. The Morgan fingerprint density at radius 2 is 1.70 bits per heavy atom. The van der Waals surface area contributed by atoms with Crippen molar-refractivity contribution >= 4 is 29.1 Å². The maximum absolute atomic E-state index is 14.7. The van der Waals surface area contributed by atoms with Crippen LogP contribution in [0.3, 0.4) is 0 Å². The number of alkyl halides is 8. The summed E-state index contributed by atoms with van der Waals surface area (Å²) in [6, 6.07) is 3.65. The van der Waals surface area contributed by atoms with E-state index in [-0.39, 0.29) is 28.8 Å². The van der Waals surface area contributed by atoms with E-state index in [1.54, 1.807) is 0 Å². The highest BCUT2D eigenvalue weighted by Crippen LogP contribution is 2.51. The number of oxime groups is 1. The van der Waals surface area contributed by atoms with Crippen LogP contribution in [0, 0.1) is 12.7 Å². The van der Waals surface area contributed by atoms with E-state index in [0.29, 0.717) is 6.92 Å². The molecule has 1 unspecified atom stereocenters. The lowest BCUT2D eigenvalue weighted by Gasteiger charge is -2.30. The minimum Gasteiger partial charge on any atom is -0.374 e. The second kappa shape index (κ2) is 10.8. The molecule has 2 amide bonds. The van der Waals surface area contributed by atoms with Gasteiger partial charge >= 0.3 is 12.4 Å². The molecule has 6 nitrogen and oxygen atoms in total. The summed E-state index contributed by atoms with van der Waals surface area (Å²) < 4.78 is 123. The minimum absolute atomic E-state index is 0.0263. The number of halogens is 10. The molecular formula is C24H19ClF9N3O3. The highest BCUT2D eigenvalue weighted by Gasteiger charge is 2.64. The van der Waals surface area contributed by atoms with E-state index < -0.39 is 82.9 Å². The normalized spacial score (nSPS) is 17.8. The average molecular weight is 604 g/mol. The number of hydrogen-bond donors (Lipinski definition) is 2. The zero-order chi connectivity index (χ0) is 30.3. The van der Waals surface area contributed by atoms with Gasteiger partial charge in [0.25, 0.3) is 17.4 Å². The summed E-state index contributed by atoms with van der Waals surface area (Å²) in [7, 11) is 0. The quantitative estimate of drug-likeness (QED) is 0.388. The predicted molar refractivity (Wildman–Crippen MR) is 124 cm³/mol. The number of carbonyl (C=O) groups is 2. The molecule has 0 radical (unpaired) electrons. The zero-order valence-corrected chi connectivity index (χ0v) is 21.2. The summed E-state index contributed by atoms with van der Waals surface area (Å²) in [4.78, 5) is 28.7. The van der Waals surface area contributed by atoms with Gasteiger partial charge in [0.2, 0.25) is 5.91 Å². The molecule has 1 aliphatic heterocycles. The number of hydrogen-bond acceptors (Lipinski definition) is 4. The summed E-state index contributed by atoms with van der Waals surface area (Å²) in [5, 5.41) is 6.29. The Hall–Kier alpha value is -3.49. The number of benzene rings is 2. The molecule has 3 rings (SSSR count). The van der Waals surface area contributed by atoms with Crippen LogP contribution < -0.4 is 10.6 Å². The predicted octanol–water partition coefficient (Wildman–Crippen LogP) is 5.89. The topological polar surface area (TPSA) is 79.8 Å². The lowest BCUT2D eigenvalue weighted by Crippen LogP contribution is -2.43. The van der Waals surface area contributed by atoms with Gasteiger partial charge in [0.1, 0.15) is 5.82 Å². The van der Waals surface area contributed by atoms with Gasteiger partial charge in [-0.15, -0.1) is 0 Å². The summed E-state index contributed by atoms with van der Waals surface area (Å²) in [6.07, 6.45) is -11.8. The van der Waals surface area contributed by atoms with E-state index in [0.717, 1.165) is 12.1 Å². The number of carbonyl (C=O) groups excluding carboxylic acids is 2. The second-order valence-corrected chi connectivity index (χ2v) is 9.41. The summed E-state index contributed by atoms with van der Waals surface area (Å²) in [6.45, 7) is 0.377. The van der Waals surface area contributed by atoms with Crippen LogP contribution in [0.1, 0.15) is 46.0 Å². The molecule has 40 heavy (non-hydrogen) atoms. The van der Waals surface area contributed by atoms with E-state index in [4.69, 9.17) is 11.6 Å². The van der Waals surface area contributed by atoms with Gasteiger partial charge in [0, 0.05) is 18.1 Å². The molecule has 0 spiro atoms. The Balaban J connectivity index is 1.85. The van der Waals surface area contributed by atoms with Crippen molar-refractivity contribution in [1.82, 2.24) is 10.6 Å². The first-order valence-electron chi connectivity index (χ1n) is 11.2. The standard InChI is InChI=1S/C24H19ClF9N3O3/c1-11-5-12(3-4-14(11)20(39)35-9-18(38)36-10-21(2,27)28)17-8-22(40-37-17,24(32,33)34)15-6-13(23(29,30)31)7-16(25)19(15)26/h3-7H,8-10H2,1-2H3,(H,35,39)(H,36,38). The molecule has 2 N–H and O–H groups in total. The van der Waals surface area contributed by atoms with Gasteiger partial charge in [0.15, 0.2) is 0 Å². The van der Waals surface area contributed by atoms with Gasteiger partial charge in [0.05, 0.1) is 35.8 Å². The fourth-order valence-corrected chi connectivity index (χ4v) is 3.97. The molecule has 0 bridgehead atoms. The Morgan fingerprint density at radius 1 is 1.05 bits per heavy atom. The first-order chi connectivity index (χ1) is 18.2. The molecule has 0 saturated heterocycles. The third-order valence-electron chi connectivity index (χ3n) is 5.79. The largest absolute Gasteiger partial charge is 0.435 e. The Bertz CT molecular complexity index is 1350. The number of nitrogens with one attached hydrogen (secondary N) is 2. The molecule has 1 aliphatic rings. The fourth-order valence-electron chi connectivity index (χ4n) is 3.75. The molecule has 0 saturated carbocycles. The number of nitrogens with zero attached hydrogens (tertiary/aromatic N) is 1. The van der Waals surface area contributed by atoms with E-state index in [2.05, 4.69) is 15.3 Å². The molecule has 1 atom stereocenters. The van der Waals surface area contributed by atoms with E-state index in [1.165, 1.54) is 13.0 Å². The average Bonchev–Trinajstić information content (AvgIpc) is 3.28. The molecule has 0 fully saturated rings. The van der Waals surface area contributed by atoms with Crippen LogP contribution in [-0.4, -0.2) is 42.7 Å². The van der Waals surface area contributed by atoms with Crippen molar-refractivity contribution in [2.75, 3.05) is 13.1 Å². The third-order valence-corrected chi connectivity index (χ3v) is 6.06. The molecule has 218 valence electrons. The maximum atomic E-state index is 14.7. The Morgan fingerprint density at radius 3 is 2.25 bits per heavy atom. The summed E-state index contributed by atoms with van der Waals surface area (Å²) >= 11 is 5.49. The van der Waals surface area contributed by atoms with Crippen LogP contribution in [-0.2, 0) is 21.4 Å². The van der Waals surface area contributed by atoms with Gasteiger partial charge in [-0.1, -0.05) is 22.8 Å². The van der Waals surface area contributed by atoms with E-state index in [9.17, 15) is 49.1 Å².